The van der Waals surface area contributed by atoms with Gasteiger partial charge in [-0.1, -0.05) is 76.3 Å². The fourth-order valence-corrected chi connectivity index (χ4v) is 4.90. The standard InChI is InChI=1S/C27H38N4O2/c1-19-12-14-20(15-13-19)17-30-24(32)22-16-23(26(2,3)4)29-31(22)18-27(30,5)25(33)28-21-10-8-6-7-9-11-21/h12-16,21H,6-11,17-18H2,1-5H3,(H,28,33). The molecule has 4 rings (SSSR count). The molecule has 1 N–H and O–H groups in total. The highest BCUT2D eigenvalue weighted by Gasteiger charge is 2.48. The van der Waals surface area contributed by atoms with Gasteiger partial charge in [0.25, 0.3) is 5.91 Å². The topological polar surface area (TPSA) is 67.2 Å². The van der Waals surface area contributed by atoms with Gasteiger partial charge in [0.15, 0.2) is 0 Å². The number of nitrogens with one attached hydrogen (secondary N) is 1. The number of benzene rings is 1. The smallest absolute Gasteiger partial charge is 0.273 e. The molecule has 2 heterocycles. The first-order chi connectivity index (χ1) is 15.6. The van der Waals surface area contributed by atoms with Crippen LogP contribution in [0.4, 0.5) is 0 Å². The van der Waals surface area contributed by atoms with Crippen molar-refractivity contribution in [3.8, 4) is 0 Å². The summed E-state index contributed by atoms with van der Waals surface area (Å²) < 4.78 is 1.75. The molecule has 1 aromatic heterocycles. The summed E-state index contributed by atoms with van der Waals surface area (Å²) in [5.74, 6) is -0.211. The van der Waals surface area contributed by atoms with Crippen molar-refractivity contribution in [2.75, 3.05) is 0 Å². The molecule has 2 aromatic rings. The molecule has 1 atom stereocenters. The molecule has 2 amide bonds. The first-order valence-electron chi connectivity index (χ1n) is 12.3. The summed E-state index contributed by atoms with van der Waals surface area (Å²) in [4.78, 5) is 29.3. The average molecular weight is 451 g/mol. The Hall–Kier alpha value is -2.63. The summed E-state index contributed by atoms with van der Waals surface area (Å²) in [6.07, 6.45) is 6.77. The Morgan fingerprint density at radius 3 is 2.36 bits per heavy atom. The largest absolute Gasteiger partial charge is 0.351 e. The van der Waals surface area contributed by atoms with Crippen LogP contribution < -0.4 is 5.32 Å². The van der Waals surface area contributed by atoms with Crippen LogP contribution in [0.1, 0.15) is 93.5 Å². The second-order valence-electron chi connectivity index (χ2n) is 11.1. The molecule has 1 aliphatic heterocycles. The van der Waals surface area contributed by atoms with Crippen LogP contribution in [0.2, 0.25) is 0 Å². The minimum atomic E-state index is -1.01. The van der Waals surface area contributed by atoms with E-state index in [9.17, 15) is 9.59 Å². The van der Waals surface area contributed by atoms with Gasteiger partial charge in [0, 0.05) is 18.0 Å². The summed E-state index contributed by atoms with van der Waals surface area (Å²) in [7, 11) is 0. The number of hydrogen-bond acceptors (Lipinski definition) is 3. The fourth-order valence-electron chi connectivity index (χ4n) is 4.90. The Labute approximate surface area is 197 Å². The lowest BCUT2D eigenvalue weighted by molar-refractivity contribution is -0.134. The summed E-state index contributed by atoms with van der Waals surface area (Å²) in [5.41, 5.74) is 2.44. The van der Waals surface area contributed by atoms with Crippen molar-refractivity contribution in [1.82, 2.24) is 20.0 Å². The maximum atomic E-state index is 13.8. The van der Waals surface area contributed by atoms with E-state index in [1.807, 2.05) is 32.0 Å². The number of carbonyl (C=O) groups excluding carboxylic acids is 2. The van der Waals surface area contributed by atoms with Crippen LogP contribution in [-0.2, 0) is 23.3 Å². The van der Waals surface area contributed by atoms with Crippen molar-refractivity contribution in [2.45, 2.75) is 103 Å². The summed E-state index contributed by atoms with van der Waals surface area (Å²) in [5, 5.41) is 8.06. The maximum absolute atomic E-state index is 13.8. The third kappa shape index (κ3) is 4.85. The number of hydrogen-bond donors (Lipinski definition) is 1. The molecule has 1 aromatic carbocycles. The molecular weight excluding hydrogens is 412 g/mol. The quantitative estimate of drug-likeness (QED) is 0.684. The Balaban J connectivity index is 1.69. The van der Waals surface area contributed by atoms with Gasteiger partial charge in [-0.3, -0.25) is 14.3 Å². The Morgan fingerprint density at radius 2 is 1.76 bits per heavy atom. The predicted molar refractivity (Wildman–Crippen MR) is 130 cm³/mol. The minimum absolute atomic E-state index is 0.0756. The van der Waals surface area contributed by atoms with Gasteiger partial charge in [-0.2, -0.15) is 5.10 Å². The van der Waals surface area contributed by atoms with Crippen LogP contribution in [0.15, 0.2) is 30.3 Å². The predicted octanol–water partition coefficient (Wildman–Crippen LogP) is 4.74. The molecule has 0 saturated heterocycles. The van der Waals surface area contributed by atoms with Gasteiger partial charge in [-0.05, 0) is 38.3 Å². The van der Waals surface area contributed by atoms with E-state index in [4.69, 9.17) is 5.10 Å². The van der Waals surface area contributed by atoms with Gasteiger partial charge in [0.05, 0.1) is 12.2 Å². The number of fused-ring (bicyclic) bond motifs is 1. The van der Waals surface area contributed by atoms with Crippen molar-refractivity contribution in [1.29, 1.82) is 0 Å². The highest BCUT2D eigenvalue weighted by Crippen LogP contribution is 2.32. The van der Waals surface area contributed by atoms with Crippen LogP contribution in [0.5, 0.6) is 0 Å². The maximum Gasteiger partial charge on any atom is 0.273 e. The third-order valence-electron chi connectivity index (χ3n) is 7.21. The monoisotopic (exact) mass is 450 g/mol. The second kappa shape index (κ2) is 8.96. The van der Waals surface area contributed by atoms with E-state index >= 15 is 0 Å². The van der Waals surface area contributed by atoms with Crippen molar-refractivity contribution in [2.24, 2.45) is 0 Å². The molecule has 1 fully saturated rings. The van der Waals surface area contributed by atoms with E-state index in [1.165, 1.54) is 18.4 Å². The van der Waals surface area contributed by atoms with E-state index < -0.39 is 5.54 Å². The number of rotatable bonds is 4. The molecule has 2 aliphatic rings. The average Bonchev–Trinajstić information content (AvgIpc) is 3.02. The van der Waals surface area contributed by atoms with Gasteiger partial charge < -0.3 is 10.2 Å². The summed E-state index contributed by atoms with van der Waals surface area (Å²) in [6.45, 7) is 11.0. The first kappa shape index (κ1) is 23.5. The minimum Gasteiger partial charge on any atom is -0.351 e. The van der Waals surface area contributed by atoms with Crippen molar-refractivity contribution in [3.05, 3.63) is 52.8 Å². The van der Waals surface area contributed by atoms with Crippen LogP contribution in [0, 0.1) is 6.92 Å². The lowest BCUT2D eigenvalue weighted by Gasteiger charge is -2.44. The van der Waals surface area contributed by atoms with Gasteiger partial charge in [-0.25, -0.2) is 0 Å². The molecule has 0 bridgehead atoms. The number of aryl methyl sites for hydroxylation is 1. The molecule has 0 spiro atoms. The van der Waals surface area contributed by atoms with Gasteiger partial charge in [0.1, 0.15) is 11.2 Å². The third-order valence-corrected chi connectivity index (χ3v) is 7.21. The van der Waals surface area contributed by atoms with E-state index in [0.717, 1.165) is 36.9 Å². The van der Waals surface area contributed by atoms with E-state index in [2.05, 4.69) is 38.2 Å². The molecular formula is C27H38N4O2. The van der Waals surface area contributed by atoms with Crippen molar-refractivity contribution < 1.29 is 9.59 Å². The lowest BCUT2D eigenvalue weighted by atomic mass is 9.91. The molecule has 0 radical (unpaired) electrons. The van der Waals surface area contributed by atoms with Crippen molar-refractivity contribution >= 4 is 11.8 Å². The van der Waals surface area contributed by atoms with Crippen LogP contribution >= 0.6 is 0 Å². The highest BCUT2D eigenvalue weighted by molar-refractivity contribution is 5.99. The molecule has 33 heavy (non-hydrogen) atoms. The lowest BCUT2D eigenvalue weighted by Crippen LogP contribution is -2.64. The second-order valence-corrected chi connectivity index (χ2v) is 11.1. The van der Waals surface area contributed by atoms with E-state index in [-0.39, 0.29) is 23.3 Å². The van der Waals surface area contributed by atoms with E-state index in [1.54, 1.807) is 9.58 Å². The molecule has 1 saturated carbocycles. The Morgan fingerprint density at radius 1 is 1.12 bits per heavy atom. The number of carbonyl (C=O) groups is 2. The SMILES string of the molecule is Cc1ccc(CN2C(=O)c3cc(C(C)(C)C)nn3CC2(C)C(=O)NC2CCCCCC2)cc1. The number of nitrogens with zero attached hydrogens (tertiary/aromatic N) is 3. The molecule has 178 valence electrons. The Kier molecular flexibility index (Phi) is 6.39. The normalized spacial score (nSPS) is 22.1. The highest BCUT2D eigenvalue weighted by atomic mass is 16.2. The zero-order valence-electron chi connectivity index (χ0n) is 20.8. The summed E-state index contributed by atoms with van der Waals surface area (Å²) in [6, 6.07) is 10.3. The van der Waals surface area contributed by atoms with Crippen LogP contribution in [0.3, 0.4) is 0 Å². The zero-order chi connectivity index (χ0) is 23.8. The van der Waals surface area contributed by atoms with Crippen LogP contribution in [0.25, 0.3) is 0 Å². The van der Waals surface area contributed by atoms with E-state index in [0.29, 0.717) is 18.8 Å². The molecule has 6 nitrogen and oxygen atoms in total. The fraction of sp³-hybridized carbons (Fsp3) is 0.593. The summed E-state index contributed by atoms with van der Waals surface area (Å²) >= 11 is 0. The van der Waals surface area contributed by atoms with Gasteiger partial charge in [-0.15, -0.1) is 0 Å². The number of aromatic nitrogens is 2. The van der Waals surface area contributed by atoms with Gasteiger partial charge >= 0.3 is 0 Å². The van der Waals surface area contributed by atoms with Crippen molar-refractivity contribution in [3.63, 3.8) is 0 Å². The number of amides is 2. The zero-order valence-corrected chi connectivity index (χ0v) is 20.8. The first-order valence-corrected chi connectivity index (χ1v) is 12.3. The molecule has 6 heteroatoms. The Bertz CT molecular complexity index is 1010. The van der Waals surface area contributed by atoms with Crippen LogP contribution in [-0.4, -0.2) is 38.1 Å². The molecule has 1 unspecified atom stereocenters. The molecule has 1 aliphatic carbocycles. The van der Waals surface area contributed by atoms with Gasteiger partial charge in [0.2, 0.25) is 5.91 Å².